The van der Waals surface area contributed by atoms with Crippen LogP contribution in [0.1, 0.15) is 17.5 Å². The number of urea groups is 1. The number of nitrogens with one attached hydrogen (secondary N) is 3. The monoisotopic (exact) mass is 366 g/mol. The molecule has 0 spiro atoms. The smallest absolute Gasteiger partial charge is 0.319 e. The number of anilines is 1. The third-order valence-electron chi connectivity index (χ3n) is 3.35. The van der Waals surface area contributed by atoms with Crippen molar-refractivity contribution in [2.24, 2.45) is 0 Å². The Morgan fingerprint density at radius 1 is 1.24 bits per heavy atom. The van der Waals surface area contributed by atoms with Crippen molar-refractivity contribution in [2.45, 2.75) is 26.3 Å². The van der Waals surface area contributed by atoms with Gasteiger partial charge in [-0.15, -0.1) is 0 Å². The molecule has 8 nitrogen and oxygen atoms in total. The van der Waals surface area contributed by atoms with Gasteiger partial charge in [0.05, 0.1) is 18.2 Å². The SMILES string of the molecule is Cc1cccc(C)c1NC(=O)NC(CS(C)(=O)=O)C(=O)NCCC#N. The fourth-order valence-corrected chi connectivity index (χ4v) is 3.01. The van der Waals surface area contributed by atoms with E-state index >= 15 is 0 Å². The molecule has 3 amide bonds. The minimum absolute atomic E-state index is 0.0792. The second-order valence-corrected chi connectivity index (χ2v) is 7.89. The fraction of sp³-hybridized carbons (Fsp3) is 0.438. The van der Waals surface area contributed by atoms with E-state index in [1.807, 2.05) is 38.1 Å². The average Bonchev–Trinajstić information content (AvgIpc) is 2.49. The summed E-state index contributed by atoms with van der Waals surface area (Å²) in [4.78, 5) is 24.3. The fourth-order valence-electron chi connectivity index (χ4n) is 2.17. The van der Waals surface area contributed by atoms with Crippen LogP contribution in [0.2, 0.25) is 0 Å². The molecule has 1 unspecified atom stereocenters. The summed E-state index contributed by atoms with van der Waals surface area (Å²) in [5.41, 5.74) is 2.28. The lowest BCUT2D eigenvalue weighted by molar-refractivity contribution is -0.122. The van der Waals surface area contributed by atoms with Gasteiger partial charge in [0.1, 0.15) is 15.9 Å². The molecule has 0 saturated carbocycles. The summed E-state index contributed by atoms with van der Waals surface area (Å²) in [5, 5.41) is 15.9. The molecule has 0 fully saturated rings. The number of carbonyl (C=O) groups is 2. The maximum atomic E-state index is 12.2. The van der Waals surface area contributed by atoms with E-state index in [0.717, 1.165) is 17.4 Å². The van der Waals surface area contributed by atoms with Crippen molar-refractivity contribution >= 4 is 27.5 Å². The molecule has 0 bridgehead atoms. The number of aryl methyl sites for hydroxylation is 2. The molecule has 0 aliphatic heterocycles. The summed E-state index contributed by atoms with van der Waals surface area (Å²) in [5.74, 6) is -1.19. The van der Waals surface area contributed by atoms with Gasteiger partial charge in [-0.25, -0.2) is 13.2 Å². The molecule has 25 heavy (non-hydrogen) atoms. The molecule has 1 rings (SSSR count). The topological polar surface area (TPSA) is 128 Å². The van der Waals surface area contributed by atoms with Gasteiger partial charge >= 0.3 is 6.03 Å². The summed E-state index contributed by atoms with van der Waals surface area (Å²) in [7, 11) is -3.50. The predicted molar refractivity (Wildman–Crippen MR) is 94.8 cm³/mol. The van der Waals surface area contributed by atoms with Crippen LogP contribution in [0, 0.1) is 25.2 Å². The number of sulfone groups is 1. The summed E-state index contributed by atoms with van der Waals surface area (Å²) in [6, 6.07) is 5.43. The summed E-state index contributed by atoms with van der Waals surface area (Å²) < 4.78 is 23.0. The molecule has 0 aliphatic rings. The highest BCUT2D eigenvalue weighted by Crippen LogP contribution is 2.19. The molecule has 3 N–H and O–H groups in total. The number of hydrogen-bond donors (Lipinski definition) is 3. The lowest BCUT2D eigenvalue weighted by atomic mass is 10.1. The van der Waals surface area contributed by atoms with Crippen LogP contribution in [0.15, 0.2) is 18.2 Å². The highest BCUT2D eigenvalue weighted by atomic mass is 32.2. The molecule has 0 saturated heterocycles. The van der Waals surface area contributed by atoms with Gasteiger partial charge in [0, 0.05) is 18.5 Å². The molecule has 9 heteroatoms. The van der Waals surface area contributed by atoms with Crippen LogP contribution in [0.4, 0.5) is 10.5 Å². The second kappa shape index (κ2) is 9.03. The first-order chi connectivity index (χ1) is 11.6. The first kappa shape index (κ1) is 20.4. The maximum Gasteiger partial charge on any atom is 0.319 e. The molecule has 0 aliphatic carbocycles. The van der Waals surface area contributed by atoms with Gasteiger partial charge < -0.3 is 16.0 Å². The molecular weight excluding hydrogens is 344 g/mol. The van der Waals surface area contributed by atoms with E-state index in [2.05, 4.69) is 16.0 Å². The van der Waals surface area contributed by atoms with Crippen molar-refractivity contribution in [2.75, 3.05) is 23.9 Å². The zero-order valence-corrected chi connectivity index (χ0v) is 15.2. The highest BCUT2D eigenvalue weighted by Gasteiger charge is 2.25. The van der Waals surface area contributed by atoms with Crippen LogP contribution in [-0.4, -0.2) is 45.0 Å². The van der Waals surface area contributed by atoms with Crippen molar-refractivity contribution in [3.8, 4) is 6.07 Å². The zero-order chi connectivity index (χ0) is 19.0. The Balaban J connectivity index is 2.84. The van der Waals surface area contributed by atoms with E-state index in [1.54, 1.807) is 0 Å². The maximum absolute atomic E-state index is 12.2. The van der Waals surface area contributed by atoms with E-state index in [4.69, 9.17) is 5.26 Å². The number of nitriles is 1. The minimum atomic E-state index is -3.50. The van der Waals surface area contributed by atoms with Gasteiger partial charge in [-0.05, 0) is 25.0 Å². The molecule has 1 aromatic carbocycles. The molecule has 136 valence electrons. The molecular formula is C16H22N4O4S. The average molecular weight is 366 g/mol. The predicted octanol–water partition coefficient (Wildman–Crippen LogP) is 0.868. The summed E-state index contributed by atoms with van der Waals surface area (Å²) in [6.45, 7) is 3.73. The zero-order valence-electron chi connectivity index (χ0n) is 14.4. The first-order valence-corrected chi connectivity index (χ1v) is 9.66. The number of benzene rings is 1. The minimum Gasteiger partial charge on any atom is -0.353 e. The van der Waals surface area contributed by atoms with Crippen LogP contribution in [0.5, 0.6) is 0 Å². The van der Waals surface area contributed by atoms with E-state index < -0.39 is 33.6 Å². The molecule has 1 aromatic rings. The Bertz CT molecular complexity index is 764. The van der Waals surface area contributed by atoms with Crippen LogP contribution < -0.4 is 16.0 Å². The largest absolute Gasteiger partial charge is 0.353 e. The van der Waals surface area contributed by atoms with Crippen LogP contribution in [0.3, 0.4) is 0 Å². The van der Waals surface area contributed by atoms with E-state index in [0.29, 0.717) is 5.69 Å². The van der Waals surface area contributed by atoms with E-state index in [9.17, 15) is 18.0 Å². The number of para-hydroxylation sites is 1. The van der Waals surface area contributed by atoms with Gasteiger partial charge in [0.15, 0.2) is 0 Å². The lowest BCUT2D eigenvalue weighted by Gasteiger charge is -2.19. The number of amides is 3. The second-order valence-electron chi connectivity index (χ2n) is 5.71. The van der Waals surface area contributed by atoms with E-state index in [1.165, 1.54) is 0 Å². The van der Waals surface area contributed by atoms with Gasteiger partial charge in [-0.2, -0.15) is 5.26 Å². The Morgan fingerprint density at radius 2 is 1.84 bits per heavy atom. The lowest BCUT2D eigenvalue weighted by Crippen LogP contribution is -2.51. The Kier molecular flexibility index (Phi) is 7.39. The Labute approximate surface area is 147 Å². The third kappa shape index (κ3) is 7.22. The van der Waals surface area contributed by atoms with E-state index in [-0.39, 0.29) is 13.0 Å². The quantitative estimate of drug-likeness (QED) is 0.617. The molecule has 0 heterocycles. The first-order valence-electron chi connectivity index (χ1n) is 7.60. The molecule has 1 atom stereocenters. The normalized spacial score (nSPS) is 11.9. The number of nitrogens with zero attached hydrogens (tertiary/aromatic N) is 1. The van der Waals surface area contributed by atoms with Crippen molar-refractivity contribution in [3.63, 3.8) is 0 Å². The summed E-state index contributed by atoms with van der Waals surface area (Å²) >= 11 is 0. The molecule has 0 radical (unpaired) electrons. The standard InChI is InChI=1S/C16H22N4O4S/c1-11-6-4-7-12(2)14(11)20-16(22)19-13(10-25(3,23)24)15(21)18-9-5-8-17/h4,6-7,13H,5,9-10H2,1-3H3,(H,18,21)(H2,19,20,22). The van der Waals surface area contributed by atoms with Crippen LogP contribution in [-0.2, 0) is 14.6 Å². The summed E-state index contributed by atoms with van der Waals surface area (Å²) in [6.07, 6.45) is 1.07. The van der Waals surface area contributed by atoms with Crippen LogP contribution >= 0.6 is 0 Å². The van der Waals surface area contributed by atoms with Crippen molar-refractivity contribution in [3.05, 3.63) is 29.3 Å². The third-order valence-corrected chi connectivity index (χ3v) is 4.29. The van der Waals surface area contributed by atoms with Crippen molar-refractivity contribution < 1.29 is 18.0 Å². The molecule has 0 aromatic heterocycles. The number of hydrogen-bond acceptors (Lipinski definition) is 5. The van der Waals surface area contributed by atoms with Gasteiger partial charge in [0.25, 0.3) is 0 Å². The van der Waals surface area contributed by atoms with Gasteiger partial charge in [-0.1, -0.05) is 18.2 Å². The number of carbonyl (C=O) groups excluding carboxylic acids is 2. The van der Waals surface area contributed by atoms with Gasteiger partial charge in [0.2, 0.25) is 5.91 Å². The Hall–Kier alpha value is -2.60. The number of rotatable bonds is 7. The van der Waals surface area contributed by atoms with Crippen LogP contribution in [0.25, 0.3) is 0 Å². The van der Waals surface area contributed by atoms with Crippen molar-refractivity contribution in [1.82, 2.24) is 10.6 Å². The highest BCUT2D eigenvalue weighted by molar-refractivity contribution is 7.90. The van der Waals surface area contributed by atoms with Crippen molar-refractivity contribution in [1.29, 1.82) is 5.26 Å². The Morgan fingerprint density at radius 3 is 2.36 bits per heavy atom. The van der Waals surface area contributed by atoms with Gasteiger partial charge in [-0.3, -0.25) is 4.79 Å².